The van der Waals surface area contributed by atoms with Crippen LogP contribution in [-0.2, 0) is 4.79 Å². The molecule has 0 fully saturated rings. The molecular weight excluding hydrogens is 430 g/mol. The molecule has 1 N–H and O–H groups in total. The topological polar surface area (TPSA) is 95.1 Å². The molecule has 3 aromatic heterocycles. The predicted molar refractivity (Wildman–Crippen MR) is 128 cm³/mol. The number of ether oxygens (including phenoxy) is 1. The minimum absolute atomic E-state index is 0.131. The van der Waals surface area contributed by atoms with Gasteiger partial charge in [0, 0.05) is 18.3 Å². The van der Waals surface area contributed by atoms with Crippen LogP contribution in [0.3, 0.4) is 0 Å². The van der Waals surface area contributed by atoms with Crippen molar-refractivity contribution < 1.29 is 14.1 Å². The van der Waals surface area contributed by atoms with Crippen LogP contribution in [-0.4, -0.2) is 44.7 Å². The van der Waals surface area contributed by atoms with Crippen molar-refractivity contribution in [2.45, 2.75) is 39.3 Å². The number of hydrogen-bond acceptors (Lipinski definition) is 7. The zero-order chi connectivity index (χ0) is 23.4. The Morgan fingerprint density at radius 3 is 2.82 bits per heavy atom. The molecule has 0 spiro atoms. The lowest BCUT2D eigenvalue weighted by Gasteiger charge is -2.29. The van der Waals surface area contributed by atoms with Crippen molar-refractivity contribution >= 4 is 22.4 Å². The molecule has 8 nitrogen and oxygen atoms in total. The first-order valence-electron chi connectivity index (χ1n) is 11.5. The number of hydrogen-bond donors (Lipinski definition) is 1. The average Bonchev–Trinajstić information content (AvgIpc) is 3.41. The SMILES string of the molecule is CC(=O)C1CC(c2nc3ccc(-c4c(C)noc4C)c4c3n2[C@@H](c2ccccn2)CO4)=CCN1. The number of carbonyl (C=O) groups is 1. The zero-order valence-electron chi connectivity index (χ0n) is 19.3. The van der Waals surface area contributed by atoms with Gasteiger partial charge in [0.05, 0.1) is 28.5 Å². The van der Waals surface area contributed by atoms with Crippen molar-refractivity contribution in [1.29, 1.82) is 0 Å². The summed E-state index contributed by atoms with van der Waals surface area (Å²) >= 11 is 0. The van der Waals surface area contributed by atoms with Gasteiger partial charge in [0.2, 0.25) is 0 Å². The largest absolute Gasteiger partial charge is 0.488 e. The number of ketones is 1. The predicted octanol–water partition coefficient (Wildman–Crippen LogP) is 4.02. The van der Waals surface area contributed by atoms with E-state index in [1.54, 1.807) is 13.1 Å². The summed E-state index contributed by atoms with van der Waals surface area (Å²) < 4.78 is 14.1. The molecular formula is C26H25N5O3. The van der Waals surface area contributed by atoms with Gasteiger partial charge in [-0.15, -0.1) is 0 Å². The molecule has 5 heterocycles. The first-order valence-corrected chi connectivity index (χ1v) is 11.5. The molecule has 6 rings (SSSR count). The summed E-state index contributed by atoms with van der Waals surface area (Å²) in [6.45, 7) is 6.53. The van der Waals surface area contributed by atoms with Gasteiger partial charge < -0.3 is 19.1 Å². The van der Waals surface area contributed by atoms with E-state index < -0.39 is 0 Å². The van der Waals surface area contributed by atoms with Gasteiger partial charge in [-0.05, 0) is 57.0 Å². The Kier molecular flexibility index (Phi) is 4.84. The van der Waals surface area contributed by atoms with Gasteiger partial charge >= 0.3 is 0 Å². The van der Waals surface area contributed by atoms with Gasteiger partial charge in [-0.1, -0.05) is 17.3 Å². The molecule has 0 radical (unpaired) electrons. The monoisotopic (exact) mass is 455 g/mol. The van der Waals surface area contributed by atoms with Gasteiger partial charge in [0.25, 0.3) is 0 Å². The highest BCUT2D eigenvalue weighted by Gasteiger charge is 2.34. The Balaban J connectivity index is 1.61. The molecule has 0 amide bonds. The van der Waals surface area contributed by atoms with Crippen molar-refractivity contribution in [2.24, 2.45) is 0 Å². The van der Waals surface area contributed by atoms with E-state index in [1.807, 2.05) is 44.2 Å². The van der Waals surface area contributed by atoms with Crippen LogP contribution in [0.2, 0.25) is 0 Å². The summed E-state index contributed by atoms with van der Waals surface area (Å²) in [6, 6.07) is 9.62. The zero-order valence-corrected chi connectivity index (χ0v) is 19.3. The molecule has 0 saturated heterocycles. The second-order valence-corrected chi connectivity index (χ2v) is 8.90. The maximum Gasteiger partial charge on any atom is 0.153 e. The van der Waals surface area contributed by atoms with E-state index in [1.165, 1.54) is 0 Å². The van der Waals surface area contributed by atoms with Gasteiger partial charge in [-0.2, -0.15) is 0 Å². The third-order valence-electron chi connectivity index (χ3n) is 6.75. The molecule has 0 aliphatic carbocycles. The van der Waals surface area contributed by atoms with E-state index in [0.29, 0.717) is 19.6 Å². The Labute approximate surface area is 196 Å². The van der Waals surface area contributed by atoms with E-state index in [9.17, 15) is 4.79 Å². The normalized spacial score (nSPS) is 19.7. The molecule has 172 valence electrons. The fraction of sp³-hybridized carbons (Fsp3) is 0.308. The minimum atomic E-state index is -0.210. The van der Waals surface area contributed by atoms with E-state index in [4.69, 9.17) is 14.2 Å². The van der Waals surface area contributed by atoms with E-state index in [-0.39, 0.29) is 17.9 Å². The molecule has 0 saturated carbocycles. The number of carbonyl (C=O) groups excluding carboxylic acids is 1. The summed E-state index contributed by atoms with van der Waals surface area (Å²) in [6.07, 6.45) is 4.53. The Morgan fingerprint density at radius 2 is 2.09 bits per heavy atom. The van der Waals surface area contributed by atoms with Crippen LogP contribution in [0.4, 0.5) is 0 Å². The van der Waals surface area contributed by atoms with E-state index >= 15 is 0 Å². The molecule has 1 unspecified atom stereocenters. The number of pyridine rings is 1. The summed E-state index contributed by atoms with van der Waals surface area (Å²) in [7, 11) is 0. The Morgan fingerprint density at radius 1 is 1.21 bits per heavy atom. The van der Waals surface area contributed by atoms with Crippen LogP contribution in [0.25, 0.3) is 27.7 Å². The highest BCUT2D eigenvalue weighted by Crippen LogP contribution is 2.45. The second-order valence-electron chi connectivity index (χ2n) is 8.90. The summed E-state index contributed by atoms with van der Waals surface area (Å²) in [5.74, 6) is 2.51. The van der Waals surface area contributed by atoms with Crippen molar-refractivity contribution in [3.8, 4) is 16.9 Å². The maximum atomic E-state index is 12.1. The average molecular weight is 456 g/mol. The van der Waals surface area contributed by atoms with E-state index in [0.717, 1.165) is 56.5 Å². The second kappa shape index (κ2) is 7.92. The molecule has 0 bridgehead atoms. The first kappa shape index (κ1) is 20.8. The Hall–Kier alpha value is -3.78. The summed E-state index contributed by atoms with van der Waals surface area (Å²) in [4.78, 5) is 21.8. The van der Waals surface area contributed by atoms with Gasteiger partial charge in [-0.25, -0.2) is 4.98 Å². The maximum absolute atomic E-state index is 12.1. The summed E-state index contributed by atoms with van der Waals surface area (Å²) in [5.41, 5.74) is 6.45. The van der Waals surface area contributed by atoms with Crippen LogP contribution in [0.15, 0.2) is 47.1 Å². The molecule has 1 aromatic carbocycles. The minimum Gasteiger partial charge on any atom is -0.488 e. The number of rotatable bonds is 4. The quantitative estimate of drug-likeness (QED) is 0.497. The third-order valence-corrected chi connectivity index (χ3v) is 6.75. The van der Waals surface area contributed by atoms with Crippen LogP contribution in [0.1, 0.15) is 42.4 Å². The van der Waals surface area contributed by atoms with Gasteiger partial charge in [0.15, 0.2) is 5.75 Å². The van der Waals surface area contributed by atoms with Crippen molar-refractivity contribution in [3.05, 3.63) is 65.6 Å². The van der Waals surface area contributed by atoms with Crippen molar-refractivity contribution in [1.82, 2.24) is 25.0 Å². The van der Waals surface area contributed by atoms with Crippen LogP contribution >= 0.6 is 0 Å². The lowest BCUT2D eigenvalue weighted by molar-refractivity contribution is -0.118. The van der Waals surface area contributed by atoms with Crippen molar-refractivity contribution in [2.75, 3.05) is 13.2 Å². The molecule has 2 atom stereocenters. The molecule has 2 aliphatic rings. The van der Waals surface area contributed by atoms with E-state index in [2.05, 4.69) is 26.1 Å². The smallest absolute Gasteiger partial charge is 0.153 e. The van der Waals surface area contributed by atoms with Crippen LogP contribution in [0, 0.1) is 13.8 Å². The number of nitrogens with zero attached hydrogens (tertiary/aromatic N) is 4. The van der Waals surface area contributed by atoms with Crippen LogP contribution in [0.5, 0.6) is 5.75 Å². The number of aryl methyl sites for hydroxylation is 2. The third kappa shape index (κ3) is 3.17. The summed E-state index contributed by atoms with van der Waals surface area (Å²) in [5, 5.41) is 7.42. The lowest BCUT2D eigenvalue weighted by Crippen LogP contribution is -2.38. The molecule has 2 aliphatic heterocycles. The lowest BCUT2D eigenvalue weighted by atomic mass is 9.98. The van der Waals surface area contributed by atoms with Gasteiger partial charge in [0.1, 0.15) is 35.5 Å². The number of nitrogens with one attached hydrogen (secondary N) is 1. The standard InChI is InChI=1S/C26H25N5O3/c1-14-23(16(3)34-30-14)18-7-8-20-24-25(18)33-13-22(19-6-4-5-10-27-19)31(24)26(29-20)17-9-11-28-21(12-17)15(2)32/h4-10,21-22,28H,11-13H2,1-3H3/t21?,22-/m1/s1. The van der Waals surface area contributed by atoms with Crippen molar-refractivity contribution in [3.63, 3.8) is 0 Å². The number of aromatic nitrogens is 4. The van der Waals surface area contributed by atoms with Crippen LogP contribution < -0.4 is 10.1 Å². The van der Waals surface area contributed by atoms with Gasteiger partial charge in [-0.3, -0.25) is 9.78 Å². The highest BCUT2D eigenvalue weighted by atomic mass is 16.5. The highest BCUT2D eigenvalue weighted by molar-refractivity contribution is 5.94. The molecule has 4 aromatic rings. The fourth-order valence-electron chi connectivity index (χ4n) is 5.10. The Bertz CT molecular complexity index is 1430. The number of Topliss-reactive ketones (excluding diaryl/α,β-unsaturated/α-hetero) is 1. The first-order chi connectivity index (χ1) is 16.5. The molecule has 34 heavy (non-hydrogen) atoms. The molecule has 8 heteroatoms. The number of benzene rings is 1. The number of imidazole rings is 1. The fourth-order valence-corrected chi connectivity index (χ4v) is 5.10.